The Kier molecular flexibility index (Phi) is 4.21. The molecule has 23 heavy (non-hydrogen) atoms. The van der Waals surface area contributed by atoms with E-state index < -0.39 is 0 Å². The van der Waals surface area contributed by atoms with Gasteiger partial charge < -0.3 is 4.42 Å². The topological polar surface area (TPSA) is 71.7 Å². The second-order valence-electron chi connectivity index (χ2n) is 4.73. The van der Waals surface area contributed by atoms with E-state index in [2.05, 4.69) is 10.5 Å². The summed E-state index contributed by atoms with van der Waals surface area (Å²) < 4.78 is 5.36. The van der Waals surface area contributed by atoms with Crippen molar-refractivity contribution in [2.24, 2.45) is 5.10 Å². The average molecular weight is 327 g/mol. The summed E-state index contributed by atoms with van der Waals surface area (Å²) >= 11 is 5.89. The maximum Gasteiger partial charge on any atom is 0.271 e. The largest absolute Gasteiger partial charge is 0.463 e. The van der Waals surface area contributed by atoms with Gasteiger partial charge in [0.2, 0.25) is 5.43 Å². The van der Waals surface area contributed by atoms with Gasteiger partial charge in [-0.15, -0.1) is 0 Å². The number of nitrogens with zero attached hydrogens (tertiary/aromatic N) is 1. The summed E-state index contributed by atoms with van der Waals surface area (Å²) in [7, 11) is 0. The van der Waals surface area contributed by atoms with Crippen LogP contribution >= 0.6 is 11.6 Å². The van der Waals surface area contributed by atoms with Crippen LogP contribution in [0.4, 0.5) is 0 Å². The van der Waals surface area contributed by atoms with Gasteiger partial charge in [-0.05, 0) is 30.3 Å². The minimum absolute atomic E-state index is 0.216. The van der Waals surface area contributed by atoms with Gasteiger partial charge in [-0.1, -0.05) is 29.8 Å². The standard InChI is InChI=1S/C17H11ClN2O3/c18-13-6-7-15-14(8-13)16(21)12(10-23-15)9-19-20-17(22)11-4-2-1-3-5-11/h1-10H,(H,20,22)/b19-9+. The van der Waals surface area contributed by atoms with Crippen molar-refractivity contribution < 1.29 is 9.21 Å². The predicted octanol–water partition coefficient (Wildman–Crippen LogP) is 3.21. The molecule has 0 saturated heterocycles. The SMILES string of the molecule is O=C(N/N=C/c1coc2ccc(Cl)cc2c1=O)c1ccccc1. The molecule has 3 rings (SSSR count). The summed E-state index contributed by atoms with van der Waals surface area (Å²) in [6, 6.07) is 13.4. The van der Waals surface area contributed by atoms with Crippen molar-refractivity contribution in [1.82, 2.24) is 5.43 Å². The monoisotopic (exact) mass is 326 g/mol. The molecule has 0 fully saturated rings. The van der Waals surface area contributed by atoms with Gasteiger partial charge >= 0.3 is 0 Å². The van der Waals surface area contributed by atoms with E-state index >= 15 is 0 Å². The maximum absolute atomic E-state index is 12.3. The van der Waals surface area contributed by atoms with Gasteiger partial charge in [0.25, 0.3) is 5.91 Å². The fourth-order valence-corrected chi connectivity index (χ4v) is 2.19. The Labute approximate surface area is 136 Å². The molecule has 3 aromatic rings. The molecule has 1 aromatic heterocycles. The number of amides is 1. The van der Waals surface area contributed by atoms with Crippen LogP contribution in [0.5, 0.6) is 0 Å². The predicted molar refractivity (Wildman–Crippen MR) is 89.0 cm³/mol. The van der Waals surface area contributed by atoms with E-state index in [4.69, 9.17) is 16.0 Å². The summed E-state index contributed by atoms with van der Waals surface area (Å²) in [5.74, 6) is -0.366. The fourth-order valence-electron chi connectivity index (χ4n) is 2.02. The van der Waals surface area contributed by atoms with E-state index in [0.29, 0.717) is 21.6 Å². The molecule has 1 amide bonds. The maximum atomic E-state index is 12.3. The molecule has 0 atom stereocenters. The third-order valence-electron chi connectivity index (χ3n) is 3.17. The smallest absolute Gasteiger partial charge is 0.271 e. The van der Waals surface area contributed by atoms with Crippen LogP contribution in [-0.4, -0.2) is 12.1 Å². The van der Waals surface area contributed by atoms with Crippen molar-refractivity contribution in [3.8, 4) is 0 Å². The summed E-state index contributed by atoms with van der Waals surface area (Å²) in [6.07, 6.45) is 2.53. The molecule has 1 heterocycles. The van der Waals surface area contributed by atoms with E-state index in [1.54, 1.807) is 36.4 Å². The fraction of sp³-hybridized carbons (Fsp3) is 0. The van der Waals surface area contributed by atoms with Gasteiger partial charge in [0.15, 0.2) is 0 Å². The first-order valence-electron chi connectivity index (χ1n) is 6.74. The molecular formula is C17H11ClN2O3. The van der Waals surface area contributed by atoms with Crippen LogP contribution in [0.3, 0.4) is 0 Å². The number of fused-ring (bicyclic) bond motifs is 1. The number of nitrogens with one attached hydrogen (secondary N) is 1. The molecule has 0 bridgehead atoms. The number of carbonyl (C=O) groups excluding carboxylic acids is 1. The summed E-state index contributed by atoms with van der Waals surface area (Å²) in [6.45, 7) is 0. The Morgan fingerprint density at radius 3 is 2.74 bits per heavy atom. The molecule has 0 aliphatic rings. The highest BCUT2D eigenvalue weighted by atomic mass is 35.5. The van der Waals surface area contributed by atoms with Crippen LogP contribution < -0.4 is 10.9 Å². The lowest BCUT2D eigenvalue weighted by atomic mass is 10.2. The van der Waals surface area contributed by atoms with Gasteiger partial charge in [-0.3, -0.25) is 9.59 Å². The van der Waals surface area contributed by atoms with E-state index in [0.717, 1.165) is 0 Å². The van der Waals surface area contributed by atoms with Crippen molar-refractivity contribution in [2.75, 3.05) is 0 Å². The lowest BCUT2D eigenvalue weighted by molar-refractivity contribution is 0.0955. The number of hydrogen-bond acceptors (Lipinski definition) is 4. The zero-order valence-corrected chi connectivity index (χ0v) is 12.6. The molecule has 0 aliphatic carbocycles. The highest BCUT2D eigenvalue weighted by Crippen LogP contribution is 2.16. The van der Waals surface area contributed by atoms with Crippen LogP contribution in [-0.2, 0) is 0 Å². The lowest BCUT2D eigenvalue weighted by Crippen LogP contribution is -2.18. The highest BCUT2D eigenvalue weighted by molar-refractivity contribution is 6.31. The second kappa shape index (κ2) is 6.46. The Morgan fingerprint density at radius 1 is 1.17 bits per heavy atom. The molecule has 5 nitrogen and oxygen atoms in total. The molecule has 114 valence electrons. The second-order valence-corrected chi connectivity index (χ2v) is 5.16. The van der Waals surface area contributed by atoms with Crippen molar-refractivity contribution >= 4 is 34.7 Å². The molecule has 2 aromatic carbocycles. The quantitative estimate of drug-likeness (QED) is 0.593. The number of carbonyl (C=O) groups is 1. The third kappa shape index (κ3) is 3.30. The van der Waals surface area contributed by atoms with Crippen LogP contribution in [0, 0.1) is 0 Å². The molecule has 0 aliphatic heterocycles. The van der Waals surface area contributed by atoms with Gasteiger partial charge in [-0.2, -0.15) is 5.10 Å². The first-order valence-corrected chi connectivity index (χ1v) is 7.12. The minimum atomic E-state index is -0.366. The zero-order chi connectivity index (χ0) is 16.2. The van der Waals surface area contributed by atoms with Crippen LogP contribution in [0.15, 0.2) is 69.1 Å². The van der Waals surface area contributed by atoms with Gasteiger partial charge in [0.1, 0.15) is 11.8 Å². The summed E-state index contributed by atoms with van der Waals surface area (Å²) in [5, 5.41) is 4.59. The number of rotatable bonds is 3. The normalized spacial score (nSPS) is 11.0. The van der Waals surface area contributed by atoms with Crippen molar-refractivity contribution in [1.29, 1.82) is 0 Å². The molecule has 1 N–H and O–H groups in total. The molecule has 0 spiro atoms. The zero-order valence-electron chi connectivity index (χ0n) is 11.8. The number of hydrazone groups is 1. The Morgan fingerprint density at radius 2 is 1.96 bits per heavy atom. The minimum Gasteiger partial charge on any atom is -0.463 e. The van der Waals surface area contributed by atoms with Crippen molar-refractivity contribution in [3.05, 3.63) is 81.2 Å². The molecule has 0 saturated carbocycles. The number of benzene rings is 2. The summed E-state index contributed by atoms with van der Waals surface area (Å²) in [4.78, 5) is 24.1. The van der Waals surface area contributed by atoms with Crippen molar-refractivity contribution in [2.45, 2.75) is 0 Å². The molecule has 6 heteroatoms. The van der Waals surface area contributed by atoms with Crippen LogP contribution in [0.25, 0.3) is 11.0 Å². The van der Waals surface area contributed by atoms with E-state index in [1.807, 2.05) is 6.07 Å². The van der Waals surface area contributed by atoms with E-state index in [1.165, 1.54) is 18.5 Å². The summed E-state index contributed by atoms with van der Waals surface area (Å²) in [5.41, 5.74) is 3.21. The Hall–Kier alpha value is -2.92. The average Bonchev–Trinajstić information content (AvgIpc) is 2.58. The number of hydrogen-bond donors (Lipinski definition) is 1. The molecule has 0 radical (unpaired) electrons. The first kappa shape index (κ1) is 15.0. The molecule has 0 unspecified atom stereocenters. The van der Waals surface area contributed by atoms with Crippen molar-refractivity contribution in [3.63, 3.8) is 0 Å². The first-order chi connectivity index (χ1) is 11.1. The van der Waals surface area contributed by atoms with Gasteiger partial charge in [0, 0.05) is 10.6 Å². The number of halogens is 1. The van der Waals surface area contributed by atoms with Gasteiger partial charge in [0.05, 0.1) is 17.2 Å². The third-order valence-corrected chi connectivity index (χ3v) is 3.40. The van der Waals surface area contributed by atoms with Gasteiger partial charge in [-0.25, -0.2) is 5.43 Å². The van der Waals surface area contributed by atoms with E-state index in [9.17, 15) is 9.59 Å². The Balaban J connectivity index is 1.83. The lowest BCUT2D eigenvalue weighted by Gasteiger charge is -2.00. The molecular weight excluding hydrogens is 316 g/mol. The van der Waals surface area contributed by atoms with E-state index in [-0.39, 0.29) is 16.9 Å². The van der Waals surface area contributed by atoms with Crippen LogP contribution in [0.2, 0.25) is 5.02 Å². The highest BCUT2D eigenvalue weighted by Gasteiger charge is 2.06. The Bertz CT molecular complexity index is 949. The van der Waals surface area contributed by atoms with Crippen LogP contribution in [0.1, 0.15) is 15.9 Å².